The molecule has 0 unspecified atom stereocenters. The third kappa shape index (κ3) is 8.45. The smallest absolute Gasteiger partial charge is 0.198 e. The van der Waals surface area contributed by atoms with E-state index in [0.717, 1.165) is 30.2 Å². The molecule has 0 saturated heterocycles. The second-order valence-electron chi connectivity index (χ2n) is 4.55. The minimum Gasteiger partial charge on any atom is -0.444 e. The van der Waals surface area contributed by atoms with E-state index in [-0.39, 0.29) is 0 Å². The topological polar surface area (TPSA) is 38.5 Å². The van der Waals surface area contributed by atoms with E-state index in [9.17, 15) is 0 Å². The normalized spacial score (nSPS) is 10.9. The Bertz CT molecular complexity index is 420. The van der Waals surface area contributed by atoms with Crippen LogP contribution in [-0.4, -0.2) is 38.2 Å². The molecule has 0 amide bonds. The Morgan fingerprint density at radius 3 is 2.55 bits per heavy atom. The van der Waals surface area contributed by atoms with Gasteiger partial charge < -0.3 is 14.1 Å². The zero-order chi connectivity index (χ0) is 15.4. The van der Waals surface area contributed by atoms with Crippen molar-refractivity contribution < 1.29 is 9.15 Å². The summed E-state index contributed by atoms with van der Waals surface area (Å²) in [6.07, 6.45) is 9.08. The van der Waals surface area contributed by atoms with Crippen molar-refractivity contribution in [1.29, 1.82) is 0 Å². The van der Waals surface area contributed by atoms with E-state index in [1.807, 2.05) is 31.1 Å². The molecule has 0 aliphatic rings. The number of allylic oxidation sites excluding steroid dienone is 4. The summed E-state index contributed by atoms with van der Waals surface area (Å²) in [6.45, 7) is 8.24. The molecule has 0 radical (unpaired) electrons. The molecule has 20 heavy (non-hydrogen) atoms. The van der Waals surface area contributed by atoms with Gasteiger partial charge in [-0.05, 0) is 26.1 Å². The maximum absolute atomic E-state index is 5.64. The third-order valence-corrected chi connectivity index (χ3v) is 2.24. The Balaban J connectivity index is 0.00000110. The van der Waals surface area contributed by atoms with Gasteiger partial charge in [0.05, 0.1) is 12.7 Å². The molecule has 0 spiro atoms. The number of nitrogens with zero attached hydrogens (tertiary/aromatic N) is 2. The summed E-state index contributed by atoms with van der Waals surface area (Å²) < 4.78 is 9.89. The summed E-state index contributed by atoms with van der Waals surface area (Å²) in [5, 5.41) is 0. The van der Waals surface area contributed by atoms with Crippen LogP contribution in [0, 0.1) is 0 Å². The zero-order valence-electron chi connectivity index (χ0n) is 13.1. The number of ether oxygens (including phenoxy) is 1. The predicted molar refractivity (Wildman–Crippen MR) is 83.6 cm³/mol. The fourth-order valence-corrected chi connectivity index (χ4v) is 1.45. The van der Waals surface area contributed by atoms with E-state index in [1.165, 1.54) is 0 Å². The first kappa shape index (κ1) is 18.4. The number of aromatic nitrogens is 1. The monoisotopic (exact) mass is 278 g/mol. The summed E-state index contributed by atoms with van der Waals surface area (Å²) >= 11 is 0. The maximum Gasteiger partial charge on any atom is 0.198 e. The van der Waals surface area contributed by atoms with Gasteiger partial charge >= 0.3 is 0 Å². The van der Waals surface area contributed by atoms with Crippen molar-refractivity contribution in [3.63, 3.8) is 0 Å². The second kappa shape index (κ2) is 11.2. The van der Waals surface area contributed by atoms with E-state index >= 15 is 0 Å². The van der Waals surface area contributed by atoms with Crippen molar-refractivity contribution in [2.45, 2.75) is 19.4 Å². The molecule has 4 nitrogen and oxygen atoms in total. The van der Waals surface area contributed by atoms with Gasteiger partial charge in [0, 0.05) is 20.6 Å². The largest absolute Gasteiger partial charge is 0.444 e. The van der Waals surface area contributed by atoms with Gasteiger partial charge in [-0.15, -0.1) is 6.58 Å². The SMILES string of the molecule is C=CCC=C(C=C)Cc1ncc(CN(C)C)o1.COC. The Kier molecular flexibility index (Phi) is 10.3. The molecule has 0 bridgehead atoms. The fourth-order valence-electron chi connectivity index (χ4n) is 1.45. The lowest BCUT2D eigenvalue weighted by Crippen LogP contribution is -2.09. The molecular weight excluding hydrogens is 252 g/mol. The summed E-state index contributed by atoms with van der Waals surface area (Å²) in [5.41, 5.74) is 1.11. The molecule has 1 rings (SSSR count). The Morgan fingerprint density at radius 1 is 1.40 bits per heavy atom. The molecule has 1 heterocycles. The van der Waals surface area contributed by atoms with E-state index in [0.29, 0.717) is 6.42 Å². The summed E-state index contributed by atoms with van der Waals surface area (Å²) in [6, 6.07) is 0. The molecule has 0 fully saturated rings. The lowest BCUT2D eigenvalue weighted by Gasteiger charge is -2.05. The van der Waals surface area contributed by atoms with Crippen LogP contribution in [0.4, 0.5) is 0 Å². The van der Waals surface area contributed by atoms with Crippen molar-refractivity contribution >= 4 is 0 Å². The molecule has 0 aliphatic heterocycles. The maximum atomic E-state index is 5.64. The first-order chi connectivity index (χ1) is 9.57. The Morgan fingerprint density at radius 2 is 2.05 bits per heavy atom. The summed E-state index contributed by atoms with van der Waals surface area (Å²) in [7, 11) is 7.25. The van der Waals surface area contributed by atoms with Gasteiger partial charge in [-0.2, -0.15) is 0 Å². The minimum atomic E-state index is 0.685. The van der Waals surface area contributed by atoms with Crippen LogP contribution in [0.1, 0.15) is 18.1 Å². The Hall–Kier alpha value is -1.65. The van der Waals surface area contributed by atoms with Crippen LogP contribution in [-0.2, 0) is 17.7 Å². The van der Waals surface area contributed by atoms with Crippen molar-refractivity contribution in [2.24, 2.45) is 0 Å². The molecule has 0 atom stereocenters. The molecular formula is C16H26N2O2. The van der Waals surface area contributed by atoms with Gasteiger partial charge in [-0.1, -0.05) is 24.8 Å². The van der Waals surface area contributed by atoms with Crippen LogP contribution in [0.2, 0.25) is 0 Å². The van der Waals surface area contributed by atoms with Crippen LogP contribution < -0.4 is 0 Å². The quantitative estimate of drug-likeness (QED) is 0.567. The first-order valence-corrected chi connectivity index (χ1v) is 6.48. The van der Waals surface area contributed by atoms with Crippen LogP contribution >= 0.6 is 0 Å². The lowest BCUT2D eigenvalue weighted by molar-refractivity contribution is 0.277. The standard InChI is InChI=1S/C14H20N2O.C2H6O/c1-5-7-8-12(6-2)9-14-15-10-13(17-14)11-16(3)4;1-3-2/h5-6,8,10H,1-2,7,9,11H2,3-4H3;1-2H3. The summed E-state index contributed by atoms with van der Waals surface area (Å²) in [4.78, 5) is 6.31. The Labute approximate surface area is 122 Å². The van der Waals surface area contributed by atoms with E-state index in [2.05, 4.69) is 29.0 Å². The van der Waals surface area contributed by atoms with Gasteiger partial charge in [-0.3, -0.25) is 0 Å². The van der Waals surface area contributed by atoms with Gasteiger partial charge in [0.25, 0.3) is 0 Å². The number of methoxy groups -OCH3 is 1. The van der Waals surface area contributed by atoms with E-state index in [4.69, 9.17) is 4.42 Å². The third-order valence-electron chi connectivity index (χ3n) is 2.24. The highest BCUT2D eigenvalue weighted by atomic mass is 16.4. The van der Waals surface area contributed by atoms with Gasteiger partial charge in [0.15, 0.2) is 5.89 Å². The average Bonchev–Trinajstić information content (AvgIpc) is 2.81. The number of hydrogen-bond acceptors (Lipinski definition) is 4. The highest BCUT2D eigenvalue weighted by Crippen LogP contribution is 2.11. The molecule has 4 heteroatoms. The van der Waals surface area contributed by atoms with Crippen LogP contribution in [0.15, 0.2) is 47.6 Å². The number of hydrogen-bond donors (Lipinski definition) is 0. The van der Waals surface area contributed by atoms with E-state index < -0.39 is 0 Å². The van der Waals surface area contributed by atoms with Gasteiger partial charge in [-0.25, -0.2) is 4.98 Å². The van der Waals surface area contributed by atoms with Gasteiger partial charge in [0.2, 0.25) is 0 Å². The van der Waals surface area contributed by atoms with Crippen LogP contribution in [0.5, 0.6) is 0 Å². The molecule has 0 saturated carbocycles. The molecule has 112 valence electrons. The predicted octanol–water partition coefficient (Wildman–Crippen LogP) is 3.23. The number of rotatable bonds is 7. The fraction of sp³-hybridized carbons (Fsp3) is 0.438. The highest BCUT2D eigenvalue weighted by molar-refractivity contribution is 5.20. The average molecular weight is 278 g/mol. The molecule has 0 aliphatic carbocycles. The van der Waals surface area contributed by atoms with E-state index in [1.54, 1.807) is 20.4 Å². The number of oxazole rings is 1. The van der Waals surface area contributed by atoms with Crippen molar-refractivity contribution in [3.05, 3.63) is 54.8 Å². The summed E-state index contributed by atoms with van der Waals surface area (Å²) in [5.74, 6) is 1.62. The van der Waals surface area contributed by atoms with Crippen LogP contribution in [0.25, 0.3) is 0 Å². The molecule has 1 aromatic heterocycles. The van der Waals surface area contributed by atoms with Crippen molar-refractivity contribution in [2.75, 3.05) is 28.3 Å². The van der Waals surface area contributed by atoms with Gasteiger partial charge in [0.1, 0.15) is 5.76 Å². The second-order valence-corrected chi connectivity index (χ2v) is 4.55. The highest BCUT2D eigenvalue weighted by Gasteiger charge is 2.05. The first-order valence-electron chi connectivity index (χ1n) is 6.48. The van der Waals surface area contributed by atoms with Crippen LogP contribution in [0.3, 0.4) is 0 Å². The molecule has 0 N–H and O–H groups in total. The molecule has 0 aromatic carbocycles. The minimum absolute atomic E-state index is 0.685. The lowest BCUT2D eigenvalue weighted by atomic mass is 10.1. The molecule has 1 aromatic rings. The van der Waals surface area contributed by atoms with Crippen molar-refractivity contribution in [3.8, 4) is 0 Å². The van der Waals surface area contributed by atoms with Crippen molar-refractivity contribution in [1.82, 2.24) is 9.88 Å². The zero-order valence-corrected chi connectivity index (χ0v) is 13.1.